The molecule has 8 nitrogen and oxygen atoms in total. The van der Waals surface area contributed by atoms with Crippen molar-refractivity contribution in [2.24, 2.45) is 0 Å². The van der Waals surface area contributed by atoms with Crippen LogP contribution in [0.1, 0.15) is 39.9 Å². The highest BCUT2D eigenvalue weighted by Crippen LogP contribution is 2.29. The van der Waals surface area contributed by atoms with Gasteiger partial charge in [0.15, 0.2) is 11.6 Å². The normalized spacial score (nSPS) is 18.6. The Balaban J connectivity index is 1.51. The van der Waals surface area contributed by atoms with Gasteiger partial charge in [-0.1, -0.05) is 12.1 Å². The molecule has 0 bridgehead atoms. The largest absolute Gasteiger partial charge is 0.497 e. The number of H-pyrrole nitrogens is 1. The lowest BCUT2D eigenvalue weighted by atomic mass is 9.94. The van der Waals surface area contributed by atoms with E-state index >= 15 is 0 Å². The van der Waals surface area contributed by atoms with Crippen molar-refractivity contribution in [3.8, 4) is 17.4 Å². The Labute approximate surface area is 156 Å². The first-order chi connectivity index (χ1) is 13.2. The molecule has 8 heteroatoms. The molecule has 5 rings (SSSR count). The number of nitrogens with zero attached hydrogens (tertiary/aromatic N) is 4. The van der Waals surface area contributed by atoms with Crippen LogP contribution in [-0.2, 0) is 19.4 Å². The number of fused-ring (bicyclic) bond motifs is 2. The number of amides is 1. The molecule has 0 unspecified atom stereocenters. The second-order valence-electron chi connectivity index (χ2n) is 7.00. The molecule has 0 saturated carbocycles. The van der Waals surface area contributed by atoms with Crippen molar-refractivity contribution < 1.29 is 9.53 Å². The number of aryl methyl sites for hydroxylation is 1. The lowest BCUT2D eigenvalue weighted by Gasteiger charge is -2.15. The summed E-state index contributed by atoms with van der Waals surface area (Å²) in [7, 11) is 1.66. The minimum absolute atomic E-state index is 0.141. The Morgan fingerprint density at radius 3 is 3.11 bits per heavy atom. The third kappa shape index (κ3) is 2.68. The number of imidazole rings is 1. The summed E-state index contributed by atoms with van der Waals surface area (Å²) >= 11 is 0. The summed E-state index contributed by atoms with van der Waals surface area (Å²) in [6.45, 7) is 1.45. The highest BCUT2D eigenvalue weighted by molar-refractivity contribution is 5.94. The average molecular weight is 364 g/mol. The van der Waals surface area contributed by atoms with Crippen LogP contribution in [0.3, 0.4) is 0 Å². The van der Waals surface area contributed by atoms with Gasteiger partial charge in [0.1, 0.15) is 17.3 Å². The minimum Gasteiger partial charge on any atom is -0.497 e. The lowest BCUT2D eigenvalue weighted by molar-refractivity contribution is 0.0950. The zero-order valence-electron chi connectivity index (χ0n) is 15.0. The predicted molar refractivity (Wildman–Crippen MR) is 97.7 cm³/mol. The van der Waals surface area contributed by atoms with Gasteiger partial charge in [-0.15, -0.1) is 10.2 Å². The van der Waals surface area contributed by atoms with Crippen molar-refractivity contribution in [1.29, 1.82) is 0 Å². The van der Waals surface area contributed by atoms with Crippen molar-refractivity contribution in [2.75, 3.05) is 13.7 Å². The number of hydrogen-bond donors (Lipinski definition) is 2. The Kier molecular flexibility index (Phi) is 3.70. The molecule has 27 heavy (non-hydrogen) atoms. The van der Waals surface area contributed by atoms with Crippen LogP contribution in [0.5, 0.6) is 5.75 Å². The summed E-state index contributed by atoms with van der Waals surface area (Å²) < 4.78 is 7.42. The molecule has 2 aromatic heterocycles. The molecule has 4 heterocycles. The Morgan fingerprint density at radius 2 is 2.22 bits per heavy atom. The fourth-order valence-corrected chi connectivity index (χ4v) is 3.93. The zero-order chi connectivity index (χ0) is 18.4. The van der Waals surface area contributed by atoms with Crippen LogP contribution in [0.2, 0.25) is 0 Å². The lowest BCUT2D eigenvalue weighted by Crippen LogP contribution is -2.26. The monoisotopic (exact) mass is 364 g/mol. The van der Waals surface area contributed by atoms with Gasteiger partial charge in [0.2, 0.25) is 0 Å². The van der Waals surface area contributed by atoms with Crippen molar-refractivity contribution >= 4 is 5.91 Å². The molecule has 0 saturated heterocycles. The highest BCUT2D eigenvalue weighted by atomic mass is 16.5. The molecule has 0 aliphatic carbocycles. The number of rotatable bonds is 3. The van der Waals surface area contributed by atoms with Gasteiger partial charge in [-0.3, -0.25) is 4.79 Å². The fraction of sp³-hybridized carbons (Fsp3) is 0.368. The molecule has 0 fully saturated rings. The minimum atomic E-state index is -0.154. The highest BCUT2D eigenvalue weighted by Gasteiger charge is 2.28. The molecule has 1 amide bonds. The quantitative estimate of drug-likeness (QED) is 0.737. The van der Waals surface area contributed by atoms with E-state index in [-0.39, 0.29) is 11.8 Å². The van der Waals surface area contributed by atoms with E-state index < -0.39 is 0 Å². The average Bonchev–Trinajstić information content (AvgIpc) is 3.38. The molecule has 2 aliphatic heterocycles. The molecular formula is C19H20N6O2. The number of carbonyl (C=O) groups excluding carboxylic acids is 1. The molecule has 2 N–H and O–H groups in total. The van der Waals surface area contributed by atoms with Crippen LogP contribution in [0, 0.1) is 0 Å². The van der Waals surface area contributed by atoms with Gasteiger partial charge in [-0.2, -0.15) is 0 Å². The van der Waals surface area contributed by atoms with Gasteiger partial charge >= 0.3 is 0 Å². The number of methoxy groups -OCH3 is 1. The van der Waals surface area contributed by atoms with Crippen LogP contribution in [0.4, 0.5) is 0 Å². The maximum Gasteiger partial charge on any atom is 0.271 e. The molecule has 2 aliphatic rings. The van der Waals surface area contributed by atoms with Crippen LogP contribution in [-0.4, -0.2) is 44.3 Å². The van der Waals surface area contributed by atoms with E-state index in [1.54, 1.807) is 7.11 Å². The first kappa shape index (κ1) is 16.0. The fourth-order valence-electron chi connectivity index (χ4n) is 3.93. The molecule has 138 valence electrons. The summed E-state index contributed by atoms with van der Waals surface area (Å²) in [5.41, 5.74) is 2.41. The van der Waals surface area contributed by atoms with E-state index in [9.17, 15) is 4.79 Å². The van der Waals surface area contributed by atoms with E-state index in [4.69, 9.17) is 4.74 Å². The van der Waals surface area contributed by atoms with Crippen molar-refractivity contribution in [3.63, 3.8) is 0 Å². The number of aromatic amines is 1. The maximum atomic E-state index is 12.6. The smallest absolute Gasteiger partial charge is 0.271 e. The summed E-state index contributed by atoms with van der Waals surface area (Å²) in [5.74, 6) is 3.10. The predicted octanol–water partition coefficient (Wildman–Crippen LogP) is 1.69. The second-order valence-corrected chi connectivity index (χ2v) is 7.00. The van der Waals surface area contributed by atoms with Gasteiger partial charge < -0.3 is 19.6 Å². The SMILES string of the molecule is COc1cccc([C@@H]2CNC(=O)c3nc(-c4nnc5n4CCC5)[nH]c3C2)c1. The first-order valence-electron chi connectivity index (χ1n) is 9.16. The zero-order valence-corrected chi connectivity index (χ0v) is 15.0. The van der Waals surface area contributed by atoms with Crippen LogP contribution in [0.25, 0.3) is 11.6 Å². The first-order valence-corrected chi connectivity index (χ1v) is 9.16. The summed E-state index contributed by atoms with van der Waals surface area (Å²) in [5, 5.41) is 11.5. The molecule has 1 aromatic carbocycles. The summed E-state index contributed by atoms with van der Waals surface area (Å²) in [6, 6.07) is 7.97. The van der Waals surface area contributed by atoms with E-state index in [2.05, 4.69) is 36.1 Å². The Hall–Kier alpha value is -3.16. The number of nitrogens with one attached hydrogen (secondary N) is 2. The number of aromatic nitrogens is 5. The van der Waals surface area contributed by atoms with Gasteiger partial charge in [-0.05, 0) is 30.5 Å². The topological polar surface area (TPSA) is 97.7 Å². The number of ether oxygens (including phenoxy) is 1. The molecule has 1 atom stereocenters. The van der Waals surface area contributed by atoms with Crippen molar-refractivity contribution in [1.82, 2.24) is 30.0 Å². The maximum absolute atomic E-state index is 12.6. The van der Waals surface area contributed by atoms with E-state index in [0.29, 0.717) is 30.3 Å². The summed E-state index contributed by atoms with van der Waals surface area (Å²) in [4.78, 5) is 20.5. The molecular weight excluding hydrogens is 344 g/mol. The van der Waals surface area contributed by atoms with E-state index in [0.717, 1.165) is 42.2 Å². The van der Waals surface area contributed by atoms with Gasteiger partial charge in [-0.25, -0.2) is 4.98 Å². The van der Waals surface area contributed by atoms with Crippen LogP contribution >= 0.6 is 0 Å². The van der Waals surface area contributed by atoms with Gasteiger partial charge in [0.05, 0.1) is 7.11 Å². The Morgan fingerprint density at radius 1 is 1.30 bits per heavy atom. The second kappa shape index (κ2) is 6.22. The third-order valence-electron chi connectivity index (χ3n) is 5.34. The Bertz CT molecular complexity index is 1020. The van der Waals surface area contributed by atoms with E-state index in [1.807, 2.05) is 18.2 Å². The summed E-state index contributed by atoms with van der Waals surface area (Å²) in [6.07, 6.45) is 2.69. The van der Waals surface area contributed by atoms with Crippen LogP contribution < -0.4 is 10.1 Å². The number of benzene rings is 1. The molecule has 0 spiro atoms. The van der Waals surface area contributed by atoms with Gasteiger partial charge in [0, 0.05) is 31.1 Å². The number of carbonyl (C=O) groups is 1. The van der Waals surface area contributed by atoms with Crippen molar-refractivity contribution in [3.05, 3.63) is 47.0 Å². The van der Waals surface area contributed by atoms with Crippen molar-refractivity contribution in [2.45, 2.75) is 31.7 Å². The third-order valence-corrected chi connectivity index (χ3v) is 5.34. The van der Waals surface area contributed by atoms with E-state index in [1.165, 1.54) is 0 Å². The molecule has 3 aromatic rings. The standard InChI is InChI=1S/C19H20N6O2/c1-27-13-5-2-4-11(8-13)12-9-14-16(19(26)20-10-12)22-17(21-14)18-24-23-15-6-3-7-25(15)18/h2,4-5,8,12H,3,6-7,9-10H2,1H3,(H,20,26)(H,21,22)/t12-/m0/s1. The van der Waals surface area contributed by atoms with Gasteiger partial charge in [0.25, 0.3) is 5.91 Å². The van der Waals surface area contributed by atoms with Crippen LogP contribution in [0.15, 0.2) is 24.3 Å². The molecule has 0 radical (unpaired) electrons. The number of hydrogen-bond acceptors (Lipinski definition) is 5.